The van der Waals surface area contributed by atoms with E-state index in [1.54, 1.807) is 0 Å². The van der Waals surface area contributed by atoms with Gasteiger partial charge in [-0.1, -0.05) is 11.6 Å². The minimum atomic E-state index is -2.10. The highest BCUT2D eigenvalue weighted by Gasteiger charge is 2.41. The number of aliphatic carboxylic acids is 1. The lowest BCUT2D eigenvalue weighted by Crippen LogP contribution is -2.54. The lowest BCUT2D eigenvalue weighted by atomic mass is 9.96. The highest BCUT2D eigenvalue weighted by Crippen LogP contribution is 2.20. The molecule has 0 saturated heterocycles. The van der Waals surface area contributed by atoms with Crippen LogP contribution in [0.3, 0.4) is 0 Å². The topological polar surface area (TPSA) is 89.3 Å². The van der Waals surface area contributed by atoms with Crippen molar-refractivity contribution >= 4 is 17.6 Å². The third-order valence-electron chi connectivity index (χ3n) is 1.58. The minimum absolute atomic E-state index is 0.0660. The van der Waals surface area contributed by atoms with E-state index in [2.05, 4.69) is 0 Å². The third kappa shape index (κ3) is 2.58. The van der Waals surface area contributed by atoms with Gasteiger partial charge in [-0.3, -0.25) is 4.79 Å². The smallest absolute Gasteiger partial charge is 0.328 e. The Morgan fingerprint density at radius 1 is 1.75 bits per heavy atom. The van der Waals surface area contributed by atoms with E-state index in [0.29, 0.717) is 6.42 Å². The van der Waals surface area contributed by atoms with Crippen LogP contribution < -0.4 is 11.5 Å². The van der Waals surface area contributed by atoms with Crippen LogP contribution in [0.25, 0.3) is 0 Å². The second-order valence-electron chi connectivity index (χ2n) is 2.54. The van der Waals surface area contributed by atoms with Crippen molar-refractivity contribution in [1.29, 1.82) is 0 Å². The van der Waals surface area contributed by atoms with E-state index >= 15 is 0 Å². The average molecular weight is 199 g/mol. The zero-order valence-corrected chi connectivity index (χ0v) is 7.22. The quantitative estimate of drug-likeness (QED) is 0.545. The fourth-order valence-corrected chi connectivity index (χ4v) is 0.906. The Hall–Kier alpha value is -0.390. The number of hydrogen-bond acceptors (Lipinski definition) is 3. The molecule has 2 atom stereocenters. The van der Waals surface area contributed by atoms with E-state index in [4.69, 9.17) is 28.2 Å². The second kappa shape index (κ2) is 4.59. The number of hydrogen-bond donors (Lipinski definition) is 3. The first-order valence-corrected chi connectivity index (χ1v) is 3.89. The van der Waals surface area contributed by atoms with Gasteiger partial charge in [0.2, 0.25) is 5.63 Å². The van der Waals surface area contributed by atoms with Crippen LogP contribution in [0.2, 0.25) is 0 Å². The van der Waals surface area contributed by atoms with Gasteiger partial charge in [-0.05, 0) is 19.4 Å². The van der Waals surface area contributed by atoms with Crippen molar-refractivity contribution in [3.8, 4) is 0 Å². The zero-order chi connectivity index (χ0) is 9.78. The molecule has 0 aromatic rings. The molecule has 0 aliphatic carbocycles. The molecule has 0 fully saturated rings. The van der Waals surface area contributed by atoms with Crippen molar-refractivity contribution in [2.24, 2.45) is 11.5 Å². The van der Waals surface area contributed by atoms with Crippen LogP contribution in [0.15, 0.2) is 0 Å². The molecule has 0 aliphatic heterocycles. The first-order chi connectivity index (χ1) is 5.45. The normalized spacial score (nSPS) is 18.3. The van der Waals surface area contributed by atoms with Gasteiger partial charge in [-0.15, -0.1) is 0 Å². The monoisotopic (exact) mass is 198 g/mol. The molecule has 0 aromatic carbocycles. The molecule has 4 nitrogen and oxygen atoms in total. The third-order valence-corrected chi connectivity index (χ3v) is 1.97. The van der Waals surface area contributed by atoms with E-state index in [-0.39, 0.29) is 13.0 Å². The molecule has 1 unspecified atom stereocenters. The summed E-state index contributed by atoms with van der Waals surface area (Å²) in [6.07, 6.45) is 0.263. The Balaban J connectivity index is 4.29. The molecule has 5 N–H and O–H groups in total. The molecule has 6 heteroatoms. The second-order valence-corrected chi connectivity index (χ2v) is 2.92. The Morgan fingerprint density at radius 2 is 2.25 bits per heavy atom. The van der Waals surface area contributed by atoms with Gasteiger partial charge in [0.25, 0.3) is 0 Å². The highest BCUT2D eigenvalue weighted by atomic mass is 35.5. The number of halogens is 2. The van der Waals surface area contributed by atoms with Crippen LogP contribution >= 0.6 is 11.6 Å². The maximum Gasteiger partial charge on any atom is 0.328 e. The number of alkyl halides is 2. The number of nitrogens with two attached hydrogens (primary N) is 2. The molecule has 0 spiro atoms. The van der Waals surface area contributed by atoms with Gasteiger partial charge in [-0.2, -0.15) is 0 Å². The largest absolute Gasteiger partial charge is 0.480 e. The van der Waals surface area contributed by atoms with Crippen LogP contribution in [0.4, 0.5) is 4.39 Å². The van der Waals surface area contributed by atoms with Crippen LogP contribution in [0.1, 0.15) is 12.8 Å². The standard InChI is InChI=1S/C6H12ClFN2O2/c7-4(8)6(10,5(11)12)2-1-3-9/h4H,1-3,9-10H2,(H,11,12)/t4?,6-/m1/s1. The van der Waals surface area contributed by atoms with Gasteiger partial charge in [0.15, 0.2) is 5.54 Å². The summed E-state index contributed by atoms with van der Waals surface area (Å²) >= 11 is 5.00. The molecule has 0 rings (SSSR count). The maximum atomic E-state index is 12.5. The van der Waals surface area contributed by atoms with Crippen LogP contribution in [-0.4, -0.2) is 28.8 Å². The predicted octanol–water partition coefficient (Wildman–Crippen LogP) is 0.0418. The summed E-state index contributed by atoms with van der Waals surface area (Å²) in [7, 11) is 0. The SMILES string of the molecule is NCCC[C@](N)(C(=O)O)C(F)Cl. The fourth-order valence-electron chi connectivity index (χ4n) is 0.704. The average Bonchev–Trinajstić information content (AvgIpc) is 1.99. The molecule has 12 heavy (non-hydrogen) atoms. The van der Waals surface area contributed by atoms with Crippen LogP contribution in [0.5, 0.6) is 0 Å². The molecule has 0 aliphatic rings. The van der Waals surface area contributed by atoms with Crippen molar-refractivity contribution in [3.63, 3.8) is 0 Å². The fraction of sp³-hybridized carbons (Fsp3) is 0.833. The first kappa shape index (κ1) is 11.6. The van der Waals surface area contributed by atoms with E-state index in [1.165, 1.54) is 0 Å². The summed E-state index contributed by atoms with van der Waals surface area (Å²) < 4.78 is 12.5. The molecule has 0 aromatic heterocycles. The van der Waals surface area contributed by atoms with Gasteiger partial charge in [-0.25, -0.2) is 4.39 Å². The van der Waals surface area contributed by atoms with E-state index in [1.807, 2.05) is 0 Å². The molecule has 72 valence electrons. The van der Waals surface area contributed by atoms with E-state index in [9.17, 15) is 9.18 Å². The van der Waals surface area contributed by atoms with Crippen molar-refractivity contribution in [1.82, 2.24) is 0 Å². The van der Waals surface area contributed by atoms with Crippen molar-refractivity contribution in [2.45, 2.75) is 24.0 Å². The molecule has 0 heterocycles. The summed E-state index contributed by atoms with van der Waals surface area (Å²) in [5.74, 6) is -1.45. The lowest BCUT2D eigenvalue weighted by molar-refractivity contribution is -0.145. The molecular formula is C6H12ClFN2O2. The van der Waals surface area contributed by atoms with Gasteiger partial charge >= 0.3 is 5.97 Å². The molecule has 0 radical (unpaired) electrons. The summed E-state index contributed by atoms with van der Waals surface area (Å²) in [6, 6.07) is 0. The number of rotatable bonds is 5. The van der Waals surface area contributed by atoms with Gasteiger partial charge < -0.3 is 16.6 Å². The zero-order valence-electron chi connectivity index (χ0n) is 6.46. The number of carboxylic acids is 1. The Bertz CT molecular complexity index is 168. The molecule has 0 bridgehead atoms. The van der Waals surface area contributed by atoms with Crippen molar-refractivity contribution < 1.29 is 14.3 Å². The highest BCUT2D eigenvalue weighted by molar-refractivity contribution is 6.22. The Morgan fingerprint density at radius 3 is 2.50 bits per heavy atom. The van der Waals surface area contributed by atoms with Gasteiger partial charge in [0.05, 0.1) is 0 Å². The Labute approximate surface area is 74.7 Å². The van der Waals surface area contributed by atoms with Crippen molar-refractivity contribution in [3.05, 3.63) is 0 Å². The summed E-state index contributed by atoms with van der Waals surface area (Å²) in [6.45, 7) is 0.260. The molecule has 0 saturated carbocycles. The summed E-state index contributed by atoms with van der Waals surface area (Å²) in [4.78, 5) is 10.5. The Kier molecular flexibility index (Phi) is 4.44. The first-order valence-electron chi connectivity index (χ1n) is 3.45. The van der Waals surface area contributed by atoms with Crippen LogP contribution in [-0.2, 0) is 4.79 Å². The van der Waals surface area contributed by atoms with Crippen LogP contribution in [0, 0.1) is 0 Å². The van der Waals surface area contributed by atoms with E-state index in [0.717, 1.165) is 0 Å². The molecule has 0 amide bonds. The van der Waals surface area contributed by atoms with E-state index < -0.39 is 17.1 Å². The summed E-state index contributed by atoms with van der Waals surface area (Å²) in [5, 5.41) is 8.54. The van der Waals surface area contributed by atoms with Gasteiger partial charge in [0, 0.05) is 0 Å². The minimum Gasteiger partial charge on any atom is -0.480 e. The maximum absolute atomic E-state index is 12.5. The van der Waals surface area contributed by atoms with Crippen molar-refractivity contribution in [2.75, 3.05) is 6.54 Å². The predicted molar refractivity (Wildman–Crippen MR) is 43.6 cm³/mol. The lowest BCUT2D eigenvalue weighted by Gasteiger charge is -2.24. The summed E-state index contributed by atoms with van der Waals surface area (Å²) in [5.41, 5.74) is 6.22. The van der Waals surface area contributed by atoms with Gasteiger partial charge in [0.1, 0.15) is 0 Å². The number of carbonyl (C=O) groups is 1. The number of carboxylic acid groups (broad SMARTS) is 1. The molecular weight excluding hydrogens is 187 g/mol.